The number of thiophene rings is 2. The molecule has 3 aromatic rings. The molecule has 0 aromatic carbocycles. The fourth-order valence-electron chi connectivity index (χ4n) is 3.69. The van der Waals surface area contributed by atoms with Crippen LogP contribution in [0.2, 0.25) is 0 Å². The molecule has 158 valence electrons. The number of aryl methyl sites for hydroxylation is 1. The van der Waals surface area contributed by atoms with Gasteiger partial charge in [-0.2, -0.15) is 15.8 Å². The van der Waals surface area contributed by atoms with Gasteiger partial charge in [0.05, 0.1) is 11.3 Å². The zero-order chi connectivity index (χ0) is 22.7. The molecular formula is C22H17N6OS3+. The number of amides is 1. The number of anilines is 2. The number of H-pyrrole nitrogens is 1. The zero-order valence-corrected chi connectivity index (χ0v) is 19.3. The number of nitriles is 3. The number of rotatable bonds is 5. The van der Waals surface area contributed by atoms with Crippen LogP contribution < -0.4 is 16.0 Å². The van der Waals surface area contributed by atoms with E-state index in [4.69, 9.17) is 5.73 Å². The molecule has 0 saturated heterocycles. The highest BCUT2D eigenvalue weighted by Crippen LogP contribution is 2.38. The lowest BCUT2D eigenvalue weighted by Crippen LogP contribution is -2.20. The Hall–Kier alpha value is -3.36. The third-order valence-corrected chi connectivity index (χ3v) is 8.22. The molecule has 4 N–H and O–H groups in total. The second kappa shape index (κ2) is 9.42. The largest absolute Gasteiger partial charge is 0.316 e. The summed E-state index contributed by atoms with van der Waals surface area (Å²) in [7, 11) is 0. The van der Waals surface area contributed by atoms with Crippen LogP contribution >= 0.6 is 34.4 Å². The number of thioether (sulfide) groups is 1. The van der Waals surface area contributed by atoms with Crippen molar-refractivity contribution in [3.8, 4) is 28.6 Å². The number of fused-ring (bicyclic) bond motifs is 1. The Morgan fingerprint density at radius 1 is 1.16 bits per heavy atom. The maximum absolute atomic E-state index is 12.7. The monoisotopic (exact) mass is 477 g/mol. The molecule has 1 aliphatic carbocycles. The summed E-state index contributed by atoms with van der Waals surface area (Å²) >= 11 is 4.02. The van der Waals surface area contributed by atoms with Gasteiger partial charge in [0.15, 0.2) is 10.6 Å². The summed E-state index contributed by atoms with van der Waals surface area (Å²) in [6.07, 6.45) is 3.97. The van der Waals surface area contributed by atoms with Crippen molar-refractivity contribution in [1.82, 2.24) is 0 Å². The van der Waals surface area contributed by atoms with Gasteiger partial charge in [0.1, 0.15) is 28.8 Å². The number of aromatic nitrogens is 1. The van der Waals surface area contributed by atoms with Crippen LogP contribution in [0.15, 0.2) is 22.5 Å². The van der Waals surface area contributed by atoms with E-state index in [1.54, 1.807) is 0 Å². The van der Waals surface area contributed by atoms with Crippen molar-refractivity contribution >= 4 is 51.2 Å². The average molecular weight is 478 g/mol. The third kappa shape index (κ3) is 4.06. The quantitative estimate of drug-likeness (QED) is 0.530. The van der Waals surface area contributed by atoms with Gasteiger partial charge in [0.2, 0.25) is 5.91 Å². The van der Waals surface area contributed by atoms with Gasteiger partial charge in [-0.3, -0.25) is 10.5 Å². The Morgan fingerprint density at radius 3 is 2.59 bits per heavy atom. The molecule has 10 heteroatoms. The lowest BCUT2D eigenvalue weighted by Gasteiger charge is -2.09. The van der Waals surface area contributed by atoms with Crippen LogP contribution in [0.4, 0.5) is 10.8 Å². The first-order valence-corrected chi connectivity index (χ1v) is 12.5. The van der Waals surface area contributed by atoms with Crippen molar-refractivity contribution in [3.63, 3.8) is 0 Å². The molecule has 7 nitrogen and oxygen atoms in total. The number of aromatic amines is 1. The number of carbonyl (C=O) groups is 1. The molecule has 0 bridgehead atoms. The zero-order valence-electron chi connectivity index (χ0n) is 16.8. The highest BCUT2D eigenvalue weighted by Gasteiger charge is 2.26. The summed E-state index contributed by atoms with van der Waals surface area (Å²) in [5.41, 5.74) is 8.64. The lowest BCUT2D eigenvalue weighted by atomic mass is 9.96. The molecule has 4 rings (SSSR count). The maximum atomic E-state index is 12.7. The molecule has 32 heavy (non-hydrogen) atoms. The highest BCUT2D eigenvalue weighted by atomic mass is 32.2. The molecular weight excluding hydrogens is 460 g/mol. The van der Waals surface area contributed by atoms with Crippen molar-refractivity contribution in [2.45, 2.75) is 30.7 Å². The Bertz CT molecular complexity index is 1320. The van der Waals surface area contributed by atoms with E-state index in [0.29, 0.717) is 21.2 Å². The molecule has 3 aromatic heterocycles. The number of nitrogen functional groups attached to an aromatic ring is 1. The summed E-state index contributed by atoms with van der Waals surface area (Å²) in [5, 5.41) is 34.7. The molecule has 1 amide bonds. The summed E-state index contributed by atoms with van der Waals surface area (Å²) in [6.45, 7) is 0. The molecule has 0 aliphatic heterocycles. The molecule has 1 aliphatic rings. The number of pyridine rings is 1. The predicted molar refractivity (Wildman–Crippen MR) is 125 cm³/mol. The standard InChI is InChI=1S/C22H16N6OS3/c23-8-13-12-4-1-2-5-16(12)32-22(13)27-18(29)11-31-21-15(10-25)19(17-6-3-7-30-17)14(9-24)20(26)28-21/h3,6-7H,1-2,4-5,11H2,(H2,26,28)(H,27,29)/p+1. The van der Waals surface area contributed by atoms with Gasteiger partial charge in [-0.05, 0) is 42.7 Å². The highest BCUT2D eigenvalue weighted by molar-refractivity contribution is 7.99. The van der Waals surface area contributed by atoms with E-state index in [2.05, 4.69) is 28.5 Å². The molecule has 3 heterocycles. The number of nitrogens with one attached hydrogen (secondary N) is 2. The van der Waals surface area contributed by atoms with Crippen LogP contribution in [0, 0.1) is 34.0 Å². The van der Waals surface area contributed by atoms with Crippen LogP contribution in [-0.4, -0.2) is 11.7 Å². The Balaban J connectivity index is 1.58. The molecule has 0 fully saturated rings. The molecule has 0 spiro atoms. The van der Waals surface area contributed by atoms with E-state index in [9.17, 15) is 20.6 Å². The van der Waals surface area contributed by atoms with Crippen molar-refractivity contribution in [1.29, 1.82) is 15.8 Å². The predicted octanol–water partition coefficient (Wildman–Crippen LogP) is 4.10. The molecule has 0 unspecified atom stereocenters. The van der Waals surface area contributed by atoms with Gasteiger partial charge < -0.3 is 5.32 Å². The second-order valence-electron chi connectivity index (χ2n) is 7.06. The van der Waals surface area contributed by atoms with Gasteiger partial charge >= 0.3 is 0 Å². The maximum Gasteiger partial charge on any atom is 0.289 e. The van der Waals surface area contributed by atoms with Crippen LogP contribution in [0.3, 0.4) is 0 Å². The van der Waals surface area contributed by atoms with Gasteiger partial charge in [-0.25, -0.2) is 4.98 Å². The Kier molecular flexibility index (Phi) is 6.43. The summed E-state index contributed by atoms with van der Waals surface area (Å²) < 4.78 is 0. The summed E-state index contributed by atoms with van der Waals surface area (Å²) in [4.78, 5) is 17.5. The van der Waals surface area contributed by atoms with Crippen molar-refractivity contribution < 1.29 is 9.78 Å². The number of nitrogens with zero attached hydrogens (tertiary/aromatic N) is 3. The topological polar surface area (TPSA) is 141 Å². The van der Waals surface area contributed by atoms with E-state index in [1.165, 1.54) is 27.6 Å². The minimum Gasteiger partial charge on any atom is -0.316 e. The van der Waals surface area contributed by atoms with Crippen molar-refractivity contribution in [2.24, 2.45) is 0 Å². The van der Waals surface area contributed by atoms with E-state index in [1.807, 2.05) is 17.5 Å². The van der Waals surface area contributed by atoms with Crippen molar-refractivity contribution in [2.75, 3.05) is 16.8 Å². The van der Waals surface area contributed by atoms with E-state index >= 15 is 0 Å². The van der Waals surface area contributed by atoms with E-state index < -0.39 is 0 Å². The van der Waals surface area contributed by atoms with Crippen LogP contribution in [0.5, 0.6) is 0 Å². The normalized spacial score (nSPS) is 12.3. The number of nitrogens with two attached hydrogens (primary N) is 1. The SMILES string of the molecule is N#Cc1c(NC(=O)CSc2[nH+]c(N)c(C#N)c(-c3cccs3)c2C#N)sc2c1CCCC2. The smallest absolute Gasteiger partial charge is 0.289 e. The average Bonchev–Trinajstić information content (AvgIpc) is 3.44. The summed E-state index contributed by atoms with van der Waals surface area (Å²) in [5.74, 6) is -0.105. The fourth-order valence-corrected chi connectivity index (χ4v) is 6.55. The van der Waals surface area contributed by atoms with Crippen LogP contribution in [0.25, 0.3) is 10.4 Å². The minimum absolute atomic E-state index is 0.0217. The molecule has 0 radical (unpaired) electrons. The third-order valence-electron chi connectivity index (χ3n) is 5.12. The molecule has 0 saturated carbocycles. The van der Waals surface area contributed by atoms with Gasteiger partial charge in [-0.15, -0.1) is 22.7 Å². The van der Waals surface area contributed by atoms with Gasteiger partial charge in [-0.1, -0.05) is 17.8 Å². The van der Waals surface area contributed by atoms with Crippen LogP contribution in [0.1, 0.15) is 40.0 Å². The first kappa shape index (κ1) is 21.9. The minimum atomic E-state index is -0.275. The lowest BCUT2D eigenvalue weighted by molar-refractivity contribution is -0.410. The van der Waals surface area contributed by atoms with E-state index in [-0.39, 0.29) is 28.6 Å². The van der Waals surface area contributed by atoms with Crippen LogP contribution in [-0.2, 0) is 17.6 Å². The van der Waals surface area contributed by atoms with Gasteiger partial charge in [0, 0.05) is 15.3 Å². The number of hydrogen-bond acceptors (Lipinski definition) is 8. The van der Waals surface area contributed by atoms with E-state index in [0.717, 1.165) is 47.9 Å². The fraction of sp³-hybridized carbons (Fsp3) is 0.227. The van der Waals surface area contributed by atoms with Gasteiger partial charge in [0.25, 0.3) is 5.82 Å². The molecule has 0 atom stereocenters. The Morgan fingerprint density at radius 2 is 1.91 bits per heavy atom. The number of carbonyl (C=O) groups excluding carboxylic acids is 1. The summed E-state index contributed by atoms with van der Waals surface area (Å²) in [6, 6.07) is 10.1. The first-order chi connectivity index (χ1) is 15.6. The second-order valence-corrected chi connectivity index (χ2v) is 10.1. The Labute approximate surface area is 197 Å². The number of hydrogen-bond donors (Lipinski definition) is 2. The van der Waals surface area contributed by atoms with Crippen molar-refractivity contribution in [3.05, 3.63) is 44.6 Å². The first-order valence-electron chi connectivity index (χ1n) is 9.77.